The Hall–Kier alpha value is -2.29. The van der Waals surface area contributed by atoms with Gasteiger partial charge in [0.1, 0.15) is 11.5 Å². The van der Waals surface area contributed by atoms with Crippen LogP contribution in [0.25, 0.3) is 0 Å². The van der Waals surface area contributed by atoms with Gasteiger partial charge < -0.3 is 14.8 Å². The number of nitrogens with one attached hydrogen (secondary N) is 1. The van der Waals surface area contributed by atoms with E-state index in [0.717, 1.165) is 6.07 Å². The SMILES string of the molecule is Cc1ccc([C@@](O)(CC(=O)N[C@H](C)c2cnn(C)c2)C(F)(F)F)o1. The van der Waals surface area contributed by atoms with Gasteiger partial charge in [-0.1, -0.05) is 0 Å². The van der Waals surface area contributed by atoms with Gasteiger partial charge in [0.25, 0.3) is 0 Å². The molecule has 0 fully saturated rings. The summed E-state index contributed by atoms with van der Waals surface area (Å²) < 4.78 is 46.4. The van der Waals surface area contributed by atoms with E-state index in [1.165, 1.54) is 23.9 Å². The Morgan fingerprint density at radius 1 is 1.46 bits per heavy atom. The molecule has 24 heavy (non-hydrogen) atoms. The largest absolute Gasteiger partial charge is 0.463 e. The minimum absolute atomic E-state index is 0.205. The number of aryl methyl sites for hydroxylation is 2. The monoisotopic (exact) mass is 345 g/mol. The van der Waals surface area contributed by atoms with Gasteiger partial charge in [-0.3, -0.25) is 9.48 Å². The predicted molar refractivity (Wildman–Crippen MR) is 77.8 cm³/mol. The van der Waals surface area contributed by atoms with Gasteiger partial charge in [0.15, 0.2) is 0 Å². The second-order valence-electron chi connectivity index (χ2n) is 5.68. The number of aromatic nitrogens is 2. The number of amides is 1. The zero-order valence-electron chi connectivity index (χ0n) is 13.4. The van der Waals surface area contributed by atoms with Crippen LogP contribution in [-0.4, -0.2) is 27.0 Å². The molecule has 9 heteroatoms. The standard InChI is InChI=1S/C15H18F3N3O3/c1-9-4-5-12(24-9)14(23,15(16,17)18)6-13(22)20-10(2)11-7-19-21(3)8-11/h4-5,7-8,10,23H,6H2,1-3H3,(H,20,22)/t10-,14+/m1/s1. The van der Waals surface area contributed by atoms with Crippen molar-refractivity contribution in [3.05, 3.63) is 41.6 Å². The molecule has 0 aliphatic rings. The molecule has 2 rings (SSSR count). The molecule has 132 valence electrons. The topological polar surface area (TPSA) is 80.3 Å². The molecule has 1 amide bonds. The van der Waals surface area contributed by atoms with Crippen molar-refractivity contribution < 1.29 is 27.5 Å². The van der Waals surface area contributed by atoms with Gasteiger partial charge in [0.2, 0.25) is 11.5 Å². The zero-order chi connectivity index (χ0) is 18.1. The molecule has 2 aromatic rings. The van der Waals surface area contributed by atoms with Crippen molar-refractivity contribution in [3.8, 4) is 0 Å². The van der Waals surface area contributed by atoms with E-state index < -0.39 is 35.9 Å². The molecule has 0 saturated heterocycles. The fraction of sp³-hybridized carbons (Fsp3) is 0.467. The minimum Gasteiger partial charge on any atom is -0.463 e. The van der Waals surface area contributed by atoms with E-state index in [-0.39, 0.29) is 5.76 Å². The van der Waals surface area contributed by atoms with Crippen molar-refractivity contribution in [2.75, 3.05) is 0 Å². The lowest BCUT2D eigenvalue weighted by atomic mass is 9.95. The van der Waals surface area contributed by atoms with Crippen LogP contribution in [0.5, 0.6) is 0 Å². The lowest BCUT2D eigenvalue weighted by molar-refractivity contribution is -0.273. The molecule has 2 aromatic heterocycles. The Morgan fingerprint density at radius 2 is 2.12 bits per heavy atom. The van der Waals surface area contributed by atoms with E-state index >= 15 is 0 Å². The van der Waals surface area contributed by atoms with Crippen molar-refractivity contribution in [2.45, 2.75) is 38.1 Å². The van der Waals surface area contributed by atoms with Crippen LogP contribution in [0, 0.1) is 6.92 Å². The summed E-state index contributed by atoms with van der Waals surface area (Å²) in [6, 6.07) is 1.75. The van der Waals surface area contributed by atoms with E-state index in [9.17, 15) is 23.1 Å². The average Bonchev–Trinajstić information content (AvgIpc) is 3.06. The number of hydrogen-bond acceptors (Lipinski definition) is 4. The minimum atomic E-state index is -5.06. The molecule has 6 nitrogen and oxygen atoms in total. The summed E-state index contributed by atoms with van der Waals surface area (Å²) in [5.74, 6) is -1.46. The molecule has 0 saturated carbocycles. The lowest BCUT2D eigenvalue weighted by Gasteiger charge is -2.28. The maximum atomic E-state index is 13.3. The summed E-state index contributed by atoms with van der Waals surface area (Å²) in [7, 11) is 1.68. The summed E-state index contributed by atoms with van der Waals surface area (Å²) in [5.41, 5.74) is -2.75. The van der Waals surface area contributed by atoms with Crippen LogP contribution in [0.3, 0.4) is 0 Å². The third kappa shape index (κ3) is 3.61. The number of nitrogens with zero attached hydrogens (tertiary/aromatic N) is 2. The van der Waals surface area contributed by atoms with E-state index in [1.54, 1.807) is 20.2 Å². The highest BCUT2D eigenvalue weighted by Gasteiger charge is 2.58. The molecule has 0 bridgehead atoms. The molecular formula is C15H18F3N3O3. The zero-order valence-corrected chi connectivity index (χ0v) is 13.4. The first-order valence-electron chi connectivity index (χ1n) is 7.17. The highest BCUT2D eigenvalue weighted by Crippen LogP contribution is 2.42. The number of carbonyl (C=O) groups is 1. The second-order valence-corrected chi connectivity index (χ2v) is 5.68. The third-order valence-electron chi connectivity index (χ3n) is 3.64. The maximum Gasteiger partial charge on any atom is 0.425 e. The first-order chi connectivity index (χ1) is 11.0. The summed E-state index contributed by atoms with van der Waals surface area (Å²) in [5, 5.41) is 16.4. The summed E-state index contributed by atoms with van der Waals surface area (Å²) in [6.07, 6.45) is -3.13. The Morgan fingerprint density at radius 3 is 2.58 bits per heavy atom. The van der Waals surface area contributed by atoms with Crippen LogP contribution < -0.4 is 5.32 Å². The molecule has 0 aliphatic heterocycles. The van der Waals surface area contributed by atoms with E-state index in [2.05, 4.69) is 10.4 Å². The maximum absolute atomic E-state index is 13.3. The van der Waals surface area contributed by atoms with Gasteiger partial charge in [-0.25, -0.2) is 0 Å². The fourth-order valence-electron chi connectivity index (χ4n) is 2.26. The smallest absolute Gasteiger partial charge is 0.425 e. The van der Waals surface area contributed by atoms with Crippen LogP contribution in [0.1, 0.15) is 36.5 Å². The quantitative estimate of drug-likeness (QED) is 0.872. The molecule has 0 aliphatic carbocycles. The fourth-order valence-corrected chi connectivity index (χ4v) is 2.26. The molecule has 2 atom stereocenters. The number of furan rings is 1. The Bertz CT molecular complexity index is 723. The summed E-state index contributed by atoms with van der Waals surface area (Å²) in [4.78, 5) is 12.0. The molecular weight excluding hydrogens is 327 g/mol. The number of alkyl halides is 3. The number of aliphatic hydroxyl groups is 1. The Balaban J connectivity index is 2.16. The Labute approximate surface area is 136 Å². The number of halogens is 3. The molecule has 0 spiro atoms. The first-order valence-corrected chi connectivity index (χ1v) is 7.17. The van der Waals surface area contributed by atoms with Crippen LogP contribution in [0.2, 0.25) is 0 Å². The van der Waals surface area contributed by atoms with Crippen molar-refractivity contribution in [1.82, 2.24) is 15.1 Å². The van der Waals surface area contributed by atoms with Crippen molar-refractivity contribution in [1.29, 1.82) is 0 Å². The van der Waals surface area contributed by atoms with Gasteiger partial charge in [0, 0.05) is 18.8 Å². The average molecular weight is 345 g/mol. The number of hydrogen-bond donors (Lipinski definition) is 2. The molecule has 2 heterocycles. The third-order valence-corrected chi connectivity index (χ3v) is 3.64. The van der Waals surface area contributed by atoms with Crippen LogP contribution in [-0.2, 0) is 17.4 Å². The van der Waals surface area contributed by atoms with Gasteiger partial charge in [-0.05, 0) is 26.0 Å². The Kier molecular flexibility index (Phi) is 4.75. The number of carbonyl (C=O) groups excluding carboxylic acids is 1. The van der Waals surface area contributed by atoms with Gasteiger partial charge in [-0.2, -0.15) is 18.3 Å². The van der Waals surface area contributed by atoms with Crippen molar-refractivity contribution in [2.24, 2.45) is 7.05 Å². The summed E-state index contributed by atoms with van der Waals surface area (Å²) >= 11 is 0. The molecule has 0 aromatic carbocycles. The van der Waals surface area contributed by atoms with Crippen LogP contribution in [0.15, 0.2) is 28.9 Å². The van der Waals surface area contributed by atoms with Gasteiger partial charge in [-0.15, -0.1) is 0 Å². The van der Waals surface area contributed by atoms with Crippen LogP contribution in [0.4, 0.5) is 13.2 Å². The normalized spacial score (nSPS) is 15.8. The first kappa shape index (κ1) is 18.1. The molecule has 2 N–H and O–H groups in total. The van der Waals surface area contributed by atoms with Crippen LogP contribution >= 0.6 is 0 Å². The van der Waals surface area contributed by atoms with E-state index in [1.807, 2.05) is 0 Å². The highest BCUT2D eigenvalue weighted by molar-refractivity contribution is 5.77. The van der Waals surface area contributed by atoms with E-state index in [4.69, 9.17) is 4.42 Å². The predicted octanol–water partition coefficient (Wildman–Crippen LogP) is 2.34. The lowest BCUT2D eigenvalue weighted by Crippen LogP contribution is -2.46. The molecule has 0 unspecified atom stereocenters. The van der Waals surface area contributed by atoms with Crippen molar-refractivity contribution in [3.63, 3.8) is 0 Å². The van der Waals surface area contributed by atoms with Gasteiger partial charge >= 0.3 is 6.18 Å². The van der Waals surface area contributed by atoms with Crippen molar-refractivity contribution >= 4 is 5.91 Å². The summed E-state index contributed by atoms with van der Waals surface area (Å²) in [6.45, 7) is 3.06. The van der Waals surface area contributed by atoms with Gasteiger partial charge in [0.05, 0.1) is 18.7 Å². The highest BCUT2D eigenvalue weighted by atomic mass is 19.4. The number of rotatable bonds is 5. The molecule has 0 radical (unpaired) electrons. The second kappa shape index (κ2) is 6.31. The van der Waals surface area contributed by atoms with E-state index in [0.29, 0.717) is 5.56 Å².